The molecule has 8 nitrogen and oxygen atoms in total. The maximum Gasteiger partial charge on any atom is 0.250 e. The molecule has 0 radical (unpaired) electrons. The second kappa shape index (κ2) is 12.2. The van der Waals surface area contributed by atoms with Gasteiger partial charge in [0.25, 0.3) is 5.91 Å². The monoisotopic (exact) mass is 543 g/mol. The number of nitrogens with zero attached hydrogens (tertiary/aromatic N) is 4. The molecule has 1 aromatic heterocycles. The summed E-state index contributed by atoms with van der Waals surface area (Å²) in [4.78, 5) is 12.6. The first-order valence-corrected chi connectivity index (χ1v) is 13.7. The summed E-state index contributed by atoms with van der Waals surface area (Å²) in [6.07, 6.45) is 1.50. The molecule has 2 N–H and O–H groups in total. The quantitative estimate of drug-likeness (QED) is 0.155. The molecule has 39 heavy (non-hydrogen) atoms. The third kappa shape index (κ3) is 7.06. The number of carbonyl (C=O) groups excluding carboxylic acids is 1. The number of phenolic OH excluding ortho intramolecular Hbond substituents is 1. The van der Waals surface area contributed by atoms with Gasteiger partial charge in [-0.05, 0) is 60.7 Å². The molecule has 4 rings (SSSR count). The van der Waals surface area contributed by atoms with Crippen LogP contribution in [0.15, 0.2) is 77.0 Å². The zero-order valence-electron chi connectivity index (χ0n) is 22.8. The minimum absolute atomic E-state index is 0.0495. The molecule has 0 spiro atoms. The lowest BCUT2D eigenvalue weighted by molar-refractivity contribution is -0.118. The van der Waals surface area contributed by atoms with Crippen molar-refractivity contribution < 1.29 is 14.6 Å². The number of thioether (sulfide) groups is 1. The average Bonchev–Trinajstić information content (AvgIpc) is 3.33. The van der Waals surface area contributed by atoms with Crippen molar-refractivity contribution in [3.8, 4) is 28.6 Å². The summed E-state index contributed by atoms with van der Waals surface area (Å²) in [5.74, 6) is 0.941. The highest BCUT2D eigenvalue weighted by molar-refractivity contribution is 7.99. The summed E-state index contributed by atoms with van der Waals surface area (Å²) in [5, 5.41) is 23.4. The second-order valence-corrected chi connectivity index (χ2v) is 11.0. The van der Waals surface area contributed by atoms with E-state index >= 15 is 0 Å². The minimum Gasteiger partial charge on any atom is -0.504 e. The number of phenols is 1. The van der Waals surface area contributed by atoms with E-state index in [1.165, 1.54) is 29.6 Å². The van der Waals surface area contributed by atoms with Gasteiger partial charge in [-0.1, -0.05) is 74.5 Å². The molecule has 202 valence electrons. The van der Waals surface area contributed by atoms with Crippen molar-refractivity contribution in [3.63, 3.8) is 0 Å². The number of hydrogen-bond donors (Lipinski definition) is 2. The molecule has 0 bridgehead atoms. The molecule has 0 atom stereocenters. The number of aryl methyl sites for hydroxylation is 1. The van der Waals surface area contributed by atoms with Crippen molar-refractivity contribution in [2.24, 2.45) is 5.10 Å². The van der Waals surface area contributed by atoms with Crippen molar-refractivity contribution in [3.05, 3.63) is 83.4 Å². The van der Waals surface area contributed by atoms with E-state index in [0.29, 0.717) is 28.9 Å². The molecule has 0 unspecified atom stereocenters. The van der Waals surface area contributed by atoms with E-state index in [1.807, 2.05) is 42.7 Å². The molecule has 4 aromatic rings. The molecule has 0 aliphatic rings. The van der Waals surface area contributed by atoms with Crippen LogP contribution in [0.1, 0.15) is 44.4 Å². The maximum absolute atomic E-state index is 12.6. The summed E-state index contributed by atoms with van der Waals surface area (Å²) >= 11 is 1.28. The third-order valence-corrected chi connectivity index (χ3v) is 6.88. The molecular weight excluding hydrogens is 510 g/mol. The minimum atomic E-state index is -0.283. The fourth-order valence-electron chi connectivity index (χ4n) is 3.82. The summed E-state index contributed by atoms with van der Waals surface area (Å²) in [6, 6.07) is 21.3. The molecule has 0 fully saturated rings. The molecule has 0 saturated heterocycles. The van der Waals surface area contributed by atoms with Crippen molar-refractivity contribution in [1.29, 1.82) is 0 Å². The number of hydrazone groups is 1. The number of carbonyl (C=O) groups is 1. The molecule has 1 heterocycles. The lowest BCUT2D eigenvalue weighted by Gasteiger charge is -2.19. The molecule has 0 saturated carbocycles. The Bertz CT molecular complexity index is 1460. The molecule has 1 amide bonds. The standard InChI is InChI=1S/C30H33N5O3S/c1-6-38-26-17-21(9-16-25(26)36)18-31-32-27(37)19-39-29-34-33-28(35(29)24-14-7-20(2)8-15-24)22-10-12-23(13-11-22)30(3,4)5/h7-18,36H,6,19H2,1-5H3,(H,32,37). The Morgan fingerprint density at radius 3 is 2.46 bits per heavy atom. The number of benzene rings is 3. The Morgan fingerprint density at radius 1 is 1.08 bits per heavy atom. The molecule has 9 heteroatoms. The zero-order chi connectivity index (χ0) is 28.0. The Morgan fingerprint density at radius 2 is 1.79 bits per heavy atom. The van der Waals surface area contributed by atoms with Gasteiger partial charge in [-0.2, -0.15) is 5.10 Å². The van der Waals surface area contributed by atoms with Gasteiger partial charge in [0.15, 0.2) is 22.5 Å². The number of amides is 1. The van der Waals surface area contributed by atoms with Crippen LogP contribution < -0.4 is 10.2 Å². The zero-order valence-corrected chi connectivity index (χ0v) is 23.6. The number of ether oxygens (including phenoxy) is 1. The Balaban J connectivity index is 1.50. The van der Waals surface area contributed by atoms with E-state index < -0.39 is 0 Å². The maximum atomic E-state index is 12.6. The van der Waals surface area contributed by atoms with Crippen LogP contribution >= 0.6 is 11.8 Å². The first-order valence-electron chi connectivity index (χ1n) is 12.7. The predicted molar refractivity (Wildman–Crippen MR) is 156 cm³/mol. The fraction of sp³-hybridized carbons (Fsp3) is 0.267. The van der Waals surface area contributed by atoms with Gasteiger partial charge >= 0.3 is 0 Å². The van der Waals surface area contributed by atoms with Crippen LogP contribution in [0.2, 0.25) is 0 Å². The number of hydrogen-bond acceptors (Lipinski definition) is 7. The smallest absolute Gasteiger partial charge is 0.250 e. The van der Waals surface area contributed by atoms with Crippen LogP contribution in [0, 0.1) is 6.92 Å². The van der Waals surface area contributed by atoms with Crippen LogP contribution in [-0.2, 0) is 10.2 Å². The highest BCUT2D eigenvalue weighted by Crippen LogP contribution is 2.30. The predicted octanol–water partition coefficient (Wildman–Crippen LogP) is 5.89. The average molecular weight is 544 g/mol. The highest BCUT2D eigenvalue weighted by Gasteiger charge is 2.19. The van der Waals surface area contributed by atoms with Gasteiger partial charge in [0, 0.05) is 11.3 Å². The lowest BCUT2D eigenvalue weighted by atomic mass is 9.87. The van der Waals surface area contributed by atoms with E-state index in [1.54, 1.807) is 12.1 Å². The van der Waals surface area contributed by atoms with Crippen LogP contribution in [0.3, 0.4) is 0 Å². The number of rotatable bonds is 9. The highest BCUT2D eigenvalue weighted by atomic mass is 32.2. The van der Waals surface area contributed by atoms with Gasteiger partial charge in [-0.15, -0.1) is 10.2 Å². The second-order valence-electron chi connectivity index (χ2n) is 10.0. The fourth-order valence-corrected chi connectivity index (χ4v) is 4.56. The lowest BCUT2D eigenvalue weighted by Crippen LogP contribution is -2.20. The van der Waals surface area contributed by atoms with Crippen molar-refractivity contribution in [1.82, 2.24) is 20.2 Å². The molecular formula is C30H33N5O3S. The summed E-state index contributed by atoms with van der Waals surface area (Å²) in [7, 11) is 0. The van der Waals surface area contributed by atoms with E-state index in [2.05, 4.69) is 65.8 Å². The molecule has 3 aromatic carbocycles. The van der Waals surface area contributed by atoms with Crippen molar-refractivity contribution in [2.45, 2.75) is 45.2 Å². The van der Waals surface area contributed by atoms with E-state index in [-0.39, 0.29) is 22.8 Å². The topological polar surface area (TPSA) is 102 Å². The largest absolute Gasteiger partial charge is 0.504 e. The Kier molecular flexibility index (Phi) is 8.71. The summed E-state index contributed by atoms with van der Waals surface area (Å²) in [5.41, 5.74) is 7.52. The third-order valence-electron chi connectivity index (χ3n) is 5.95. The Hall–Kier alpha value is -4.11. The van der Waals surface area contributed by atoms with Gasteiger partial charge in [0.05, 0.1) is 18.6 Å². The van der Waals surface area contributed by atoms with Crippen LogP contribution in [0.4, 0.5) is 0 Å². The summed E-state index contributed by atoms with van der Waals surface area (Å²) < 4.78 is 7.35. The summed E-state index contributed by atoms with van der Waals surface area (Å²) in [6.45, 7) is 10.9. The van der Waals surface area contributed by atoms with Crippen LogP contribution in [0.25, 0.3) is 17.1 Å². The van der Waals surface area contributed by atoms with E-state index in [0.717, 1.165) is 16.8 Å². The SMILES string of the molecule is CCOc1cc(C=NNC(=O)CSc2nnc(-c3ccc(C(C)(C)C)cc3)n2-c2ccc(C)cc2)ccc1O. The first-order chi connectivity index (χ1) is 18.7. The number of nitrogens with one attached hydrogen (secondary N) is 1. The normalized spacial score (nSPS) is 11.6. The van der Waals surface area contributed by atoms with E-state index in [9.17, 15) is 9.90 Å². The van der Waals surface area contributed by atoms with Gasteiger partial charge < -0.3 is 9.84 Å². The van der Waals surface area contributed by atoms with E-state index in [4.69, 9.17) is 4.74 Å². The van der Waals surface area contributed by atoms with Crippen molar-refractivity contribution in [2.75, 3.05) is 12.4 Å². The van der Waals surface area contributed by atoms with Crippen molar-refractivity contribution >= 4 is 23.9 Å². The Labute approximate surface area is 233 Å². The first kappa shape index (κ1) is 27.9. The van der Waals surface area contributed by atoms with Gasteiger partial charge in [-0.3, -0.25) is 9.36 Å². The van der Waals surface area contributed by atoms with Gasteiger partial charge in [0.1, 0.15) is 0 Å². The van der Waals surface area contributed by atoms with Crippen LogP contribution in [0.5, 0.6) is 11.5 Å². The van der Waals surface area contributed by atoms with Gasteiger partial charge in [-0.25, -0.2) is 5.43 Å². The van der Waals surface area contributed by atoms with Crippen LogP contribution in [-0.4, -0.2) is 44.4 Å². The number of aromatic hydroxyl groups is 1. The van der Waals surface area contributed by atoms with Gasteiger partial charge in [0.2, 0.25) is 0 Å². The number of aromatic nitrogens is 3. The molecule has 0 aliphatic heterocycles. The molecule has 0 aliphatic carbocycles.